The minimum Gasteiger partial charge on any atom is -0.444 e. The first kappa shape index (κ1) is 23.5. The van der Waals surface area contributed by atoms with Crippen LogP contribution in [0.25, 0.3) is 0 Å². The van der Waals surface area contributed by atoms with E-state index in [0.29, 0.717) is 50.5 Å². The molecule has 1 unspecified atom stereocenters. The Labute approximate surface area is 195 Å². The highest BCUT2D eigenvalue weighted by molar-refractivity contribution is 7.69. The Morgan fingerprint density at radius 3 is 2.45 bits per heavy atom. The molecule has 1 aromatic heterocycles. The molecule has 0 spiro atoms. The highest BCUT2D eigenvalue weighted by Gasteiger charge is 2.27. The molecule has 1 fully saturated rings. The summed E-state index contributed by atoms with van der Waals surface area (Å²) in [5.74, 6) is 0. The number of pyridine rings is 1. The van der Waals surface area contributed by atoms with Crippen LogP contribution in [-0.4, -0.2) is 65.6 Å². The molecular weight excluding hydrogens is 444 g/mol. The van der Waals surface area contributed by atoms with Crippen molar-refractivity contribution in [2.45, 2.75) is 45.6 Å². The number of ether oxygens (including phenoxy) is 1. The maximum atomic E-state index is 12.3. The van der Waals surface area contributed by atoms with E-state index in [4.69, 9.17) is 4.74 Å². The second-order valence-electron chi connectivity index (χ2n) is 9.39. The molecule has 1 aromatic carbocycles. The fourth-order valence-corrected chi connectivity index (χ4v) is 4.62. The fourth-order valence-electron chi connectivity index (χ4n) is 4.08. The summed E-state index contributed by atoms with van der Waals surface area (Å²) < 4.78 is 29.4. The van der Waals surface area contributed by atoms with Gasteiger partial charge in [-0.2, -0.15) is 4.31 Å². The van der Waals surface area contributed by atoms with Crippen LogP contribution >= 0.6 is 0 Å². The molecule has 10 heteroatoms. The summed E-state index contributed by atoms with van der Waals surface area (Å²) in [4.78, 5) is 20.6. The molecule has 9 nitrogen and oxygen atoms in total. The number of fused-ring (bicyclic) bond motifs is 1. The third-order valence-corrected chi connectivity index (χ3v) is 6.55. The van der Waals surface area contributed by atoms with Gasteiger partial charge in [-0.25, -0.2) is 13.2 Å². The van der Waals surface area contributed by atoms with Crippen LogP contribution in [-0.2, 0) is 28.7 Å². The van der Waals surface area contributed by atoms with Gasteiger partial charge in [-0.15, -0.1) is 0 Å². The lowest BCUT2D eigenvalue weighted by Crippen LogP contribution is -2.50. The van der Waals surface area contributed by atoms with Crippen LogP contribution in [0.5, 0.6) is 0 Å². The van der Waals surface area contributed by atoms with Crippen molar-refractivity contribution in [3.05, 3.63) is 58.9 Å². The third kappa shape index (κ3) is 5.45. The van der Waals surface area contributed by atoms with Gasteiger partial charge < -0.3 is 19.6 Å². The number of nitrogens with zero attached hydrogens (tertiary/aromatic N) is 4. The normalized spacial score (nSPS) is 17.8. The zero-order chi connectivity index (χ0) is 23.8. The van der Waals surface area contributed by atoms with Crippen LogP contribution in [0.2, 0.25) is 0 Å². The van der Waals surface area contributed by atoms with Crippen LogP contribution in [0, 0.1) is 0 Å². The first-order valence-corrected chi connectivity index (χ1v) is 12.1. The van der Waals surface area contributed by atoms with E-state index >= 15 is 0 Å². The van der Waals surface area contributed by atoms with Crippen LogP contribution in [0.4, 0.5) is 10.5 Å². The lowest BCUT2D eigenvalue weighted by Gasteiger charge is -2.37. The van der Waals surface area contributed by atoms with Crippen molar-refractivity contribution in [2.75, 3.05) is 31.1 Å². The standard InChI is InChI=1S/C23H30N4O5S/c1-23(2,3)32-22(29)26-9-7-25(8-10-26)19-6-4-5-16(11-19)21(28)20-12-17-14-27(33(30)31)15-18(17)13-24-20/h4-6,11-13,21,28,33H,7-10,14-15H2,1-3H3. The fraction of sp³-hybridized carbons (Fsp3) is 0.478. The summed E-state index contributed by atoms with van der Waals surface area (Å²) in [7, 11) is -2.64. The van der Waals surface area contributed by atoms with E-state index in [2.05, 4.69) is 9.88 Å². The molecule has 33 heavy (non-hydrogen) atoms. The monoisotopic (exact) mass is 474 g/mol. The summed E-state index contributed by atoms with van der Waals surface area (Å²) in [5, 5.41) is 11.0. The molecule has 4 rings (SSSR count). The van der Waals surface area contributed by atoms with Crippen molar-refractivity contribution < 1.29 is 23.1 Å². The molecule has 2 aliphatic rings. The van der Waals surface area contributed by atoms with E-state index < -0.39 is 22.6 Å². The molecular formula is C23H30N4O5S. The maximum absolute atomic E-state index is 12.3. The first-order valence-electron chi connectivity index (χ1n) is 11.0. The van der Waals surface area contributed by atoms with Crippen LogP contribution < -0.4 is 4.90 Å². The largest absolute Gasteiger partial charge is 0.444 e. The number of aliphatic hydroxyl groups excluding tert-OH is 1. The predicted octanol–water partition coefficient (Wildman–Crippen LogP) is 2.06. The van der Waals surface area contributed by atoms with Crippen molar-refractivity contribution in [3.8, 4) is 0 Å². The molecule has 1 atom stereocenters. The number of anilines is 1. The average Bonchev–Trinajstić information content (AvgIpc) is 3.21. The molecule has 3 heterocycles. The summed E-state index contributed by atoms with van der Waals surface area (Å²) >= 11 is 0. The molecule has 2 aliphatic heterocycles. The lowest BCUT2D eigenvalue weighted by molar-refractivity contribution is 0.0240. The van der Waals surface area contributed by atoms with Crippen LogP contribution in [0.1, 0.15) is 49.3 Å². The summed E-state index contributed by atoms with van der Waals surface area (Å²) in [5.41, 5.74) is 3.37. The number of piperazine rings is 1. The van der Waals surface area contributed by atoms with Crippen molar-refractivity contribution in [1.29, 1.82) is 0 Å². The number of carbonyl (C=O) groups excluding carboxylic acids is 1. The minimum atomic E-state index is -2.64. The quantitative estimate of drug-likeness (QED) is 0.654. The van der Waals surface area contributed by atoms with Gasteiger partial charge in [0.05, 0.1) is 5.69 Å². The number of benzene rings is 1. The SMILES string of the molecule is CC(C)(C)OC(=O)N1CCN(c2cccc(C(O)c3cc4c(cn3)CN([SH](=O)=O)C4)c2)CC1. The van der Waals surface area contributed by atoms with Gasteiger partial charge in [0, 0.05) is 51.2 Å². The van der Waals surface area contributed by atoms with Crippen LogP contribution in [0.3, 0.4) is 0 Å². The Hall–Kier alpha value is -2.69. The number of aromatic nitrogens is 1. The minimum absolute atomic E-state index is 0.297. The average molecular weight is 475 g/mol. The van der Waals surface area contributed by atoms with E-state index in [1.807, 2.05) is 45.0 Å². The molecule has 1 N–H and O–H groups in total. The van der Waals surface area contributed by atoms with Crippen molar-refractivity contribution in [3.63, 3.8) is 0 Å². The van der Waals surface area contributed by atoms with Gasteiger partial charge in [-0.05, 0) is 55.7 Å². The predicted molar refractivity (Wildman–Crippen MR) is 124 cm³/mol. The summed E-state index contributed by atoms with van der Waals surface area (Å²) in [6.45, 7) is 8.65. The van der Waals surface area contributed by atoms with Crippen molar-refractivity contribution >= 4 is 22.7 Å². The topological polar surface area (TPSA) is 103 Å². The van der Waals surface area contributed by atoms with Gasteiger partial charge in [0.1, 0.15) is 11.7 Å². The summed E-state index contributed by atoms with van der Waals surface area (Å²) in [6, 6.07) is 9.44. The van der Waals surface area contributed by atoms with E-state index in [9.17, 15) is 18.3 Å². The number of rotatable bonds is 4. The van der Waals surface area contributed by atoms with E-state index in [0.717, 1.165) is 16.8 Å². The Balaban J connectivity index is 1.43. The smallest absolute Gasteiger partial charge is 0.410 e. The second-order valence-corrected chi connectivity index (χ2v) is 10.4. The van der Waals surface area contributed by atoms with Gasteiger partial charge in [0.15, 0.2) is 0 Å². The van der Waals surface area contributed by atoms with Crippen molar-refractivity contribution in [2.24, 2.45) is 0 Å². The number of aliphatic hydroxyl groups is 1. The molecule has 0 radical (unpaired) electrons. The zero-order valence-corrected chi connectivity index (χ0v) is 20.0. The molecule has 2 aromatic rings. The molecule has 0 aliphatic carbocycles. The highest BCUT2D eigenvalue weighted by atomic mass is 32.2. The Kier molecular flexibility index (Phi) is 6.60. The lowest BCUT2D eigenvalue weighted by atomic mass is 10.0. The number of carbonyl (C=O) groups is 1. The van der Waals surface area contributed by atoms with E-state index in [1.165, 1.54) is 4.31 Å². The number of hydrogen-bond acceptors (Lipinski definition) is 7. The Bertz CT molecular complexity index is 1100. The highest BCUT2D eigenvalue weighted by Crippen LogP contribution is 2.29. The number of thiol groups is 1. The van der Waals surface area contributed by atoms with Crippen molar-refractivity contribution in [1.82, 2.24) is 14.2 Å². The van der Waals surface area contributed by atoms with Gasteiger partial charge in [0.2, 0.25) is 10.9 Å². The van der Waals surface area contributed by atoms with Gasteiger partial charge in [-0.3, -0.25) is 4.98 Å². The Morgan fingerprint density at radius 2 is 1.79 bits per heavy atom. The van der Waals surface area contributed by atoms with E-state index in [1.54, 1.807) is 17.2 Å². The first-order chi connectivity index (χ1) is 15.6. The number of hydrogen-bond donors (Lipinski definition) is 2. The zero-order valence-electron chi connectivity index (χ0n) is 19.1. The molecule has 0 bridgehead atoms. The van der Waals surface area contributed by atoms with Gasteiger partial charge >= 0.3 is 6.09 Å². The van der Waals surface area contributed by atoms with Gasteiger partial charge in [0.25, 0.3) is 0 Å². The second kappa shape index (κ2) is 9.28. The van der Waals surface area contributed by atoms with E-state index in [-0.39, 0.29) is 6.09 Å². The summed E-state index contributed by atoms with van der Waals surface area (Å²) in [6.07, 6.45) is 0.425. The van der Waals surface area contributed by atoms with Crippen LogP contribution in [0.15, 0.2) is 36.5 Å². The maximum Gasteiger partial charge on any atom is 0.410 e. The van der Waals surface area contributed by atoms with Gasteiger partial charge in [-0.1, -0.05) is 12.1 Å². The molecule has 178 valence electrons. The molecule has 1 saturated heterocycles. The third-order valence-electron chi connectivity index (χ3n) is 5.80. The Morgan fingerprint density at radius 1 is 1.09 bits per heavy atom. The molecule has 1 amide bonds. The number of amides is 1. The molecule has 0 saturated carbocycles.